The van der Waals surface area contributed by atoms with Gasteiger partial charge in [-0.15, -0.1) is 0 Å². The first-order valence-corrected chi connectivity index (χ1v) is 9.54. The molecule has 1 aliphatic heterocycles. The number of carbonyl (C=O) groups is 1. The van der Waals surface area contributed by atoms with Gasteiger partial charge in [0.25, 0.3) is 0 Å². The maximum atomic E-state index is 10.5. The molecule has 1 saturated heterocycles. The van der Waals surface area contributed by atoms with E-state index in [-0.39, 0.29) is 5.71 Å². The van der Waals surface area contributed by atoms with Crippen LogP contribution in [-0.4, -0.2) is 59.6 Å². The van der Waals surface area contributed by atoms with E-state index in [1.165, 1.54) is 31.1 Å². The number of carbonyl (C=O) groups excluding carboxylic acids is 1. The van der Waals surface area contributed by atoms with Gasteiger partial charge in [-0.2, -0.15) is 0 Å². The maximum absolute atomic E-state index is 10.5. The molecule has 1 aromatic carbocycles. The Balaban J connectivity index is 1.59. The van der Waals surface area contributed by atoms with Gasteiger partial charge in [0, 0.05) is 31.9 Å². The summed E-state index contributed by atoms with van der Waals surface area (Å²) in [5, 5.41) is 7.32. The molecular formula is C21H27N5O. The minimum Gasteiger partial charge on any atom is -0.369 e. The number of aromatic nitrogens is 2. The predicted molar refractivity (Wildman–Crippen MR) is 110 cm³/mol. The van der Waals surface area contributed by atoms with Crippen molar-refractivity contribution in [1.82, 2.24) is 14.9 Å². The SMILES string of the molecule is CCCCN1CCN(c2ccc(-c3cnc(/C=C\C(=N)C=O)[nH]3)cc2)CC1. The second kappa shape index (κ2) is 9.28. The lowest BCUT2D eigenvalue weighted by molar-refractivity contribution is -0.102. The first-order valence-electron chi connectivity index (χ1n) is 9.54. The van der Waals surface area contributed by atoms with Crippen LogP contribution in [0, 0.1) is 5.41 Å². The Bertz CT molecular complexity index is 785. The van der Waals surface area contributed by atoms with Gasteiger partial charge in [0.1, 0.15) is 5.82 Å². The van der Waals surface area contributed by atoms with Crippen LogP contribution in [0.4, 0.5) is 5.69 Å². The zero-order valence-electron chi connectivity index (χ0n) is 15.8. The first-order chi connectivity index (χ1) is 13.2. The van der Waals surface area contributed by atoms with Crippen LogP contribution in [0.5, 0.6) is 0 Å². The van der Waals surface area contributed by atoms with Crippen molar-refractivity contribution in [2.45, 2.75) is 19.8 Å². The lowest BCUT2D eigenvalue weighted by Crippen LogP contribution is -2.46. The molecule has 0 unspecified atom stereocenters. The van der Waals surface area contributed by atoms with Crippen LogP contribution in [0.3, 0.4) is 0 Å². The van der Waals surface area contributed by atoms with Crippen molar-refractivity contribution in [3.8, 4) is 11.3 Å². The van der Waals surface area contributed by atoms with Crippen molar-refractivity contribution in [1.29, 1.82) is 5.41 Å². The standard InChI is InChI=1S/C21H27N5O/c1-2-3-10-25-11-13-26(14-12-25)19-7-4-17(5-8-19)20-15-23-21(24-20)9-6-18(22)16-27/h4-9,15-16,22H,2-3,10-14H2,1H3,(H,23,24)/b9-6-,22-18?. The van der Waals surface area contributed by atoms with E-state index in [0.29, 0.717) is 12.1 Å². The number of imidazole rings is 1. The summed E-state index contributed by atoms with van der Waals surface area (Å²) in [6.45, 7) is 7.87. The van der Waals surface area contributed by atoms with Crippen molar-refractivity contribution in [2.75, 3.05) is 37.6 Å². The highest BCUT2D eigenvalue weighted by molar-refractivity contribution is 6.33. The molecule has 2 heterocycles. The van der Waals surface area contributed by atoms with Crippen molar-refractivity contribution in [3.63, 3.8) is 0 Å². The second-order valence-corrected chi connectivity index (χ2v) is 6.82. The molecule has 6 nitrogen and oxygen atoms in total. The Kier molecular flexibility index (Phi) is 6.54. The van der Waals surface area contributed by atoms with Crippen molar-refractivity contribution in [2.24, 2.45) is 0 Å². The number of benzene rings is 1. The normalized spacial score (nSPS) is 15.4. The summed E-state index contributed by atoms with van der Waals surface area (Å²) in [5.74, 6) is 0.629. The van der Waals surface area contributed by atoms with Gasteiger partial charge >= 0.3 is 0 Å². The highest BCUT2D eigenvalue weighted by atomic mass is 16.1. The average molecular weight is 365 g/mol. The average Bonchev–Trinajstić information content (AvgIpc) is 3.20. The molecule has 1 aliphatic rings. The number of aromatic amines is 1. The molecule has 2 N–H and O–H groups in total. The van der Waals surface area contributed by atoms with Gasteiger partial charge in [-0.1, -0.05) is 25.5 Å². The Morgan fingerprint density at radius 3 is 2.63 bits per heavy atom. The smallest absolute Gasteiger partial charge is 0.167 e. The Labute approximate surface area is 160 Å². The lowest BCUT2D eigenvalue weighted by atomic mass is 10.1. The Hall–Kier alpha value is -2.73. The molecule has 27 heavy (non-hydrogen) atoms. The number of nitrogens with zero attached hydrogens (tertiary/aromatic N) is 3. The van der Waals surface area contributed by atoms with Gasteiger partial charge in [0.05, 0.1) is 17.6 Å². The van der Waals surface area contributed by atoms with Crippen LogP contribution in [0.15, 0.2) is 36.5 Å². The van der Waals surface area contributed by atoms with Gasteiger partial charge in [0.2, 0.25) is 0 Å². The van der Waals surface area contributed by atoms with E-state index in [4.69, 9.17) is 5.41 Å². The third-order valence-electron chi connectivity index (χ3n) is 4.89. The van der Waals surface area contributed by atoms with E-state index in [1.807, 2.05) is 0 Å². The van der Waals surface area contributed by atoms with Crippen molar-refractivity contribution < 1.29 is 4.79 Å². The monoisotopic (exact) mass is 365 g/mol. The highest BCUT2D eigenvalue weighted by Crippen LogP contribution is 2.23. The molecule has 1 fully saturated rings. The second-order valence-electron chi connectivity index (χ2n) is 6.82. The molecule has 0 amide bonds. The summed E-state index contributed by atoms with van der Waals surface area (Å²) in [7, 11) is 0. The van der Waals surface area contributed by atoms with Crippen LogP contribution < -0.4 is 4.90 Å². The fourth-order valence-electron chi connectivity index (χ4n) is 3.24. The minimum absolute atomic E-state index is 0.0768. The van der Waals surface area contributed by atoms with Crippen molar-refractivity contribution >= 4 is 23.8 Å². The van der Waals surface area contributed by atoms with Gasteiger partial charge in [-0.05, 0) is 42.8 Å². The van der Waals surface area contributed by atoms with Crippen LogP contribution >= 0.6 is 0 Å². The number of unbranched alkanes of at least 4 members (excludes halogenated alkanes) is 1. The molecule has 2 aromatic rings. The van der Waals surface area contributed by atoms with Gasteiger partial charge in [0.15, 0.2) is 6.29 Å². The van der Waals surface area contributed by atoms with E-state index < -0.39 is 0 Å². The molecule has 6 heteroatoms. The fourth-order valence-corrected chi connectivity index (χ4v) is 3.24. The van der Waals surface area contributed by atoms with Crippen LogP contribution in [0.1, 0.15) is 25.6 Å². The maximum Gasteiger partial charge on any atom is 0.167 e. The number of nitrogens with one attached hydrogen (secondary N) is 2. The van der Waals surface area contributed by atoms with Crippen LogP contribution in [-0.2, 0) is 4.79 Å². The molecule has 0 aliphatic carbocycles. The fraction of sp³-hybridized carbons (Fsp3) is 0.381. The van der Waals surface area contributed by atoms with E-state index >= 15 is 0 Å². The van der Waals surface area contributed by atoms with Crippen molar-refractivity contribution in [3.05, 3.63) is 42.4 Å². The third kappa shape index (κ3) is 5.14. The molecule has 1 aromatic heterocycles. The molecule has 0 bridgehead atoms. The summed E-state index contributed by atoms with van der Waals surface area (Å²) in [4.78, 5) is 22.9. The van der Waals surface area contributed by atoms with Gasteiger partial charge in [-0.3, -0.25) is 15.1 Å². The summed E-state index contributed by atoms with van der Waals surface area (Å²) in [5.41, 5.74) is 3.17. The summed E-state index contributed by atoms with van der Waals surface area (Å²) in [6.07, 6.45) is 7.87. The zero-order valence-corrected chi connectivity index (χ0v) is 15.8. The number of piperazine rings is 1. The van der Waals surface area contributed by atoms with Crippen LogP contribution in [0.2, 0.25) is 0 Å². The van der Waals surface area contributed by atoms with E-state index in [2.05, 4.69) is 51.0 Å². The van der Waals surface area contributed by atoms with E-state index in [9.17, 15) is 4.79 Å². The highest BCUT2D eigenvalue weighted by Gasteiger charge is 2.16. The summed E-state index contributed by atoms with van der Waals surface area (Å²) < 4.78 is 0. The molecule has 142 valence electrons. The van der Waals surface area contributed by atoms with E-state index in [1.54, 1.807) is 12.3 Å². The molecule has 0 radical (unpaired) electrons. The number of rotatable bonds is 8. The molecule has 0 saturated carbocycles. The number of hydrogen-bond donors (Lipinski definition) is 2. The van der Waals surface area contributed by atoms with Gasteiger partial charge < -0.3 is 9.88 Å². The van der Waals surface area contributed by atoms with Crippen LogP contribution in [0.25, 0.3) is 17.3 Å². The summed E-state index contributed by atoms with van der Waals surface area (Å²) in [6, 6.07) is 8.53. The number of aldehydes is 1. The zero-order chi connectivity index (χ0) is 19.1. The minimum atomic E-state index is -0.0768. The topological polar surface area (TPSA) is 76.1 Å². The third-order valence-corrected chi connectivity index (χ3v) is 4.89. The molecule has 0 spiro atoms. The van der Waals surface area contributed by atoms with Gasteiger partial charge in [-0.25, -0.2) is 4.98 Å². The quantitative estimate of drug-likeness (QED) is 0.556. The lowest BCUT2D eigenvalue weighted by Gasteiger charge is -2.36. The first kappa shape index (κ1) is 19.0. The summed E-state index contributed by atoms with van der Waals surface area (Å²) >= 11 is 0. The molecule has 0 atom stereocenters. The number of hydrogen-bond acceptors (Lipinski definition) is 5. The van der Waals surface area contributed by atoms with E-state index in [0.717, 1.165) is 37.4 Å². The predicted octanol–water partition coefficient (Wildman–Crippen LogP) is 3.23. The number of anilines is 1. The number of allylic oxidation sites excluding steroid dienone is 1. The Morgan fingerprint density at radius 1 is 1.22 bits per heavy atom. The number of H-pyrrole nitrogens is 1. The largest absolute Gasteiger partial charge is 0.369 e. The molecular weight excluding hydrogens is 338 g/mol. The Morgan fingerprint density at radius 2 is 1.96 bits per heavy atom. The molecule has 3 rings (SSSR count).